The predicted molar refractivity (Wildman–Crippen MR) is 78.8 cm³/mol. The van der Waals surface area contributed by atoms with Crippen molar-refractivity contribution < 1.29 is 4.79 Å². The summed E-state index contributed by atoms with van der Waals surface area (Å²) in [7, 11) is 0. The van der Waals surface area contributed by atoms with E-state index in [9.17, 15) is 4.79 Å². The minimum Gasteiger partial charge on any atom is -0.374 e. The number of hydrogen-bond acceptors (Lipinski definition) is 2. The largest absolute Gasteiger partial charge is 0.374 e. The monoisotopic (exact) mass is 267 g/mol. The average molecular weight is 267 g/mol. The van der Waals surface area contributed by atoms with Gasteiger partial charge in [0, 0.05) is 11.3 Å². The lowest BCUT2D eigenvalue weighted by atomic mass is 9.47. The summed E-state index contributed by atoms with van der Waals surface area (Å²) < 4.78 is 0. The third kappa shape index (κ3) is 1.37. The number of benzene rings is 1. The van der Waals surface area contributed by atoms with E-state index in [2.05, 4.69) is 11.4 Å². The Balaban J connectivity index is 1.54. The third-order valence-corrected chi connectivity index (χ3v) is 6.45. The molecule has 0 spiro atoms. The number of Topliss-reactive ketones (excluding diaryl/α,β-unsaturated/α-hetero) is 1. The molecule has 4 fully saturated rings. The number of carbonyl (C=O) groups is 1. The fourth-order valence-electron chi connectivity index (χ4n) is 6.16. The molecule has 2 heteroatoms. The first-order valence-corrected chi connectivity index (χ1v) is 8.13. The summed E-state index contributed by atoms with van der Waals surface area (Å²) in [6, 6.07) is 8.13. The summed E-state index contributed by atoms with van der Waals surface area (Å²) in [6.07, 6.45) is 8.18. The van der Waals surface area contributed by atoms with Gasteiger partial charge in [-0.15, -0.1) is 0 Å². The van der Waals surface area contributed by atoms with Gasteiger partial charge >= 0.3 is 0 Å². The molecule has 4 bridgehead atoms. The molecule has 1 heterocycles. The molecular weight excluding hydrogens is 246 g/mol. The van der Waals surface area contributed by atoms with Crippen LogP contribution in [0.4, 0.5) is 5.69 Å². The second-order valence-corrected chi connectivity index (χ2v) is 7.77. The standard InChI is InChI=1S/C18H21NO/c20-16-14-3-1-2-4-15(14)19-17(16)18-8-11-5-12(9-18)7-13(6-11)10-18/h1-4,11-13,17,19H,5-10H2. The highest BCUT2D eigenvalue weighted by Gasteiger charge is 2.57. The molecule has 5 aliphatic rings. The Morgan fingerprint density at radius 2 is 1.55 bits per heavy atom. The molecule has 1 N–H and O–H groups in total. The van der Waals surface area contributed by atoms with Gasteiger partial charge in [0.25, 0.3) is 0 Å². The molecule has 1 atom stereocenters. The van der Waals surface area contributed by atoms with Crippen LogP contribution in [0.15, 0.2) is 24.3 Å². The average Bonchev–Trinajstić information content (AvgIpc) is 2.76. The summed E-state index contributed by atoms with van der Waals surface area (Å²) in [4.78, 5) is 12.8. The van der Waals surface area contributed by atoms with Crippen molar-refractivity contribution in [3.8, 4) is 0 Å². The predicted octanol–water partition coefficient (Wildman–Crippen LogP) is 3.88. The maximum absolute atomic E-state index is 12.8. The fraction of sp³-hybridized carbons (Fsp3) is 0.611. The summed E-state index contributed by atoms with van der Waals surface area (Å²) in [5.41, 5.74) is 2.26. The Kier molecular flexibility index (Phi) is 2.08. The third-order valence-electron chi connectivity index (χ3n) is 6.45. The number of anilines is 1. The van der Waals surface area contributed by atoms with Gasteiger partial charge in [0.2, 0.25) is 0 Å². The second kappa shape index (κ2) is 3.66. The number of ketones is 1. The van der Waals surface area contributed by atoms with Crippen LogP contribution in [0, 0.1) is 23.2 Å². The highest BCUT2D eigenvalue weighted by molar-refractivity contribution is 6.10. The molecule has 0 radical (unpaired) electrons. The highest BCUT2D eigenvalue weighted by Crippen LogP contribution is 2.62. The van der Waals surface area contributed by atoms with Gasteiger partial charge in [-0.25, -0.2) is 0 Å². The van der Waals surface area contributed by atoms with Crippen molar-refractivity contribution in [2.45, 2.75) is 44.6 Å². The Morgan fingerprint density at radius 1 is 0.950 bits per heavy atom. The quantitative estimate of drug-likeness (QED) is 0.836. The highest BCUT2D eigenvalue weighted by atomic mass is 16.1. The number of carbonyl (C=O) groups excluding carboxylic acids is 1. The van der Waals surface area contributed by atoms with Crippen LogP contribution in [-0.2, 0) is 0 Å². The zero-order chi connectivity index (χ0) is 13.3. The Hall–Kier alpha value is -1.31. The van der Waals surface area contributed by atoms with E-state index >= 15 is 0 Å². The van der Waals surface area contributed by atoms with Crippen LogP contribution in [-0.4, -0.2) is 11.8 Å². The Labute approximate surface area is 119 Å². The Bertz CT molecular complexity index is 556. The van der Waals surface area contributed by atoms with E-state index < -0.39 is 0 Å². The van der Waals surface area contributed by atoms with Crippen LogP contribution in [0.2, 0.25) is 0 Å². The first-order valence-electron chi connectivity index (χ1n) is 8.13. The molecule has 104 valence electrons. The van der Waals surface area contributed by atoms with Crippen LogP contribution in [0.25, 0.3) is 0 Å². The summed E-state index contributed by atoms with van der Waals surface area (Å²) >= 11 is 0. The summed E-state index contributed by atoms with van der Waals surface area (Å²) in [5, 5.41) is 3.59. The van der Waals surface area contributed by atoms with Crippen LogP contribution >= 0.6 is 0 Å². The smallest absolute Gasteiger partial charge is 0.187 e. The molecular formula is C18H21NO. The van der Waals surface area contributed by atoms with Gasteiger partial charge < -0.3 is 5.32 Å². The maximum Gasteiger partial charge on any atom is 0.187 e. The van der Waals surface area contributed by atoms with Gasteiger partial charge in [-0.05, 0) is 73.8 Å². The van der Waals surface area contributed by atoms with E-state index in [0.29, 0.717) is 5.78 Å². The van der Waals surface area contributed by atoms with Crippen molar-refractivity contribution in [2.75, 3.05) is 5.32 Å². The Morgan fingerprint density at radius 3 is 2.15 bits per heavy atom. The van der Waals surface area contributed by atoms with Crippen molar-refractivity contribution in [3.05, 3.63) is 29.8 Å². The zero-order valence-electron chi connectivity index (χ0n) is 11.8. The number of rotatable bonds is 1. The maximum atomic E-state index is 12.8. The lowest BCUT2D eigenvalue weighted by Gasteiger charge is -2.58. The van der Waals surface area contributed by atoms with Crippen LogP contribution in [0.3, 0.4) is 0 Å². The summed E-state index contributed by atoms with van der Waals surface area (Å²) in [6.45, 7) is 0. The topological polar surface area (TPSA) is 29.1 Å². The SMILES string of the molecule is O=C1c2ccccc2NC1C12CC3CC(CC(C3)C1)C2. The molecule has 0 aromatic heterocycles. The van der Waals surface area contributed by atoms with E-state index in [-0.39, 0.29) is 11.5 Å². The number of hydrogen-bond donors (Lipinski definition) is 1. The van der Waals surface area contributed by atoms with Crippen molar-refractivity contribution in [3.63, 3.8) is 0 Å². The molecule has 1 unspecified atom stereocenters. The molecule has 1 aromatic rings. The molecule has 1 aromatic carbocycles. The van der Waals surface area contributed by atoms with E-state index in [1.54, 1.807) is 0 Å². The van der Waals surface area contributed by atoms with Gasteiger partial charge in [-0.1, -0.05) is 12.1 Å². The van der Waals surface area contributed by atoms with Crippen LogP contribution in [0.5, 0.6) is 0 Å². The first-order chi connectivity index (χ1) is 9.73. The number of fused-ring (bicyclic) bond motifs is 1. The fourth-order valence-corrected chi connectivity index (χ4v) is 6.16. The zero-order valence-corrected chi connectivity index (χ0v) is 11.8. The molecule has 0 amide bonds. The lowest BCUT2D eigenvalue weighted by Crippen LogP contribution is -2.55. The normalized spacial score (nSPS) is 44.5. The molecule has 0 saturated heterocycles. The number of nitrogens with one attached hydrogen (secondary N) is 1. The second-order valence-electron chi connectivity index (χ2n) is 7.77. The molecule has 20 heavy (non-hydrogen) atoms. The van der Waals surface area contributed by atoms with Crippen LogP contribution < -0.4 is 5.32 Å². The molecule has 6 rings (SSSR count). The molecule has 4 aliphatic carbocycles. The van der Waals surface area contributed by atoms with E-state index in [0.717, 1.165) is 29.0 Å². The minimum atomic E-state index is 0.0632. The summed E-state index contributed by atoms with van der Waals surface area (Å²) in [5.74, 6) is 3.07. The minimum absolute atomic E-state index is 0.0632. The molecule has 1 aliphatic heterocycles. The van der Waals surface area contributed by atoms with Gasteiger partial charge in [0.05, 0.1) is 6.04 Å². The van der Waals surface area contributed by atoms with Crippen LogP contribution in [0.1, 0.15) is 48.9 Å². The first kappa shape index (κ1) is 11.4. The van der Waals surface area contributed by atoms with Crippen molar-refractivity contribution in [1.29, 1.82) is 0 Å². The molecule has 4 saturated carbocycles. The van der Waals surface area contributed by atoms with Gasteiger partial charge in [-0.2, -0.15) is 0 Å². The van der Waals surface area contributed by atoms with Crippen molar-refractivity contribution >= 4 is 11.5 Å². The van der Waals surface area contributed by atoms with E-state index in [1.807, 2.05) is 18.2 Å². The van der Waals surface area contributed by atoms with Gasteiger partial charge in [-0.3, -0.25) is 4.79 Å². The van der Waals surface area contributed by atoms with E-state index in [4.69, 9.17) is 0 Å². The molecule has 2 nitrogen and oxygen atoms in total. The van der Waals surface area contributed by atoms with Gasteiger partial charge in [0.1, 0.15) is 0 Å². The number of para-hydroxylation sites is 1. The van der Waals surface area contributed by atoms with E-state index in [1.165, 1.54) is 38.5 Å². The van der Waals surface area contributed by atoms with Crippen molar-refractivity contribution in [2.24, 2.45) is 23.2 Å². The van der Waals surface area contributed by atoms with Gasteiger partial charge in [0.15, 0.2) is 5.78 Å². The lowest BCUT2D eigenvalue weighted by molar-refractivity contribution is -0.0570. The van der Waals surface area contributed by atoms with Crippen molar-refractivity contribution in [1.82, 2.24) is 0 Å².